The van der Waals surface area contributed by atoms with Crippen molar-refractivity contribution in [2.45, 2.75) is 31.5 Å². The quantitative estimate of drug-likeness (QED) is 0.702. The predicted octanol–water partition coefficient (Wildman–Crippen LogP) is 1.14. The summed E-state index contributed by atoms with van der Waals surface area (Å²) in [5, 5.41) is 21.6. The van der Waals surface area contributed by atoms with Crippen LogP contribution in [-0.2, 0) is 6.54 Å². The molecule has 0 amide bonds. The second kappa shape index (κ2) is 4.16. The van der Waals surface area contributed by atoms with Crippen LogP contribution in [0.15, 0.2) is 18.2 Å². The number of nitrogens with one attached hydrogen (secondary N) is 1. The van der Waals surface area contributed by atoms with Crippen molar-refractivity contribution in [3.63, 3.8) is 0 Å². The molecule has 0 bridgehead atoms. The van der Waals surface area contributed by atoms with Crippen molar-refractivity contribution in [2.75, 3.05) is 0 Å². The molecule has 1 saturated carbocycles. The molecule has 1 aromatic carbocycles. The number of aliphatic hydroxyl groups is 1. The first-order valence-electron chi connectivity index (χ1n) is 5.04. The highest BCUT2D eigenvalue weighted by molar-refractivity contribution is 5.33. The molecule has 0 heterocycles. The van der Waals surface area contributed by atoms with E-state index in [2.05, 4.69) is 5.32 Å². The highest BCUT2D eigenvalue weighted by atomic mass is 19.1. The minimum Gasteiger partial charge on any atom is -0.505 e. The average Bonchev–Trinajstić information content (AvgIpc) is 2.17. The summed E-state index contributed by atoms with van der Waals surface area (Å²) in [5.41, 5.74) is 0.552. The summed E-state index contributed by atoms with van der Waals surface area (Å²) in [5.74, 6) is -0.882. The van der Waals surface area contributed by atoms with E-state index in [9.17, 15) is 9.50 Å². The molecule has 1 aromatic rings. The largest absolute Gasteiger partial charge is 0.505 e. The first-order valence-corrected chi connectivity index (χ1v) is 5.04. The van der Waals surface area contributed by atoms with Crippen LogP contribution in [0.5, 0.6) is 5.75 Å². The fourth-order valence-electron chi connectivity index (χ4n) is 1.71. The lowest BCUT2D eigenvalue weighted by molar-refractivity contribution is 0.0618. The minimum absolute atomic E-state index is 0.205. The van der Waals surface area contributed by atoms with Crippen molar-refractivity contribution in [2.24, 2.45) is 0 Å². The number of para-hydroxylation sites is 1. The van der Waals surface area contributed by atoms with Gasteiger partial charge in [0.05, 0.1) is 6.10 Å². The lowest BCUT2D eigenvalue weighted by Crippen LogP contribution is -2.43. The number of aromatic hydroxyl groups is 1. The third-order valence-corrected chi connectivity index (χ3v) is 2.76. The molecular formula is C11H14FNO2. The maximum atomic E-state index is 12.9. The molecule has 0 aliphatic heterocycles. The van der Waals surface area contributed by atoms with Crippen LogP contribution >= 0.6 is 0 Å². The van der Waals surface area contributed by atoms with Crippen molar-refractivity contribution in [3.05, 3.63) is 29.6 Å². The topological polar surface area (TPSA) is 52.5 Å². The van der Waals surface area contributed by atoms with Crippen LogP contribution in [-0.4, -0.2) is 22.4 Å². The van der Waals surface area contributed by atoms with E-state index in [0.29, 0.717) is 12.1 Å². The van der Waals surface area contributed by atoms with Crippen LogP contribution in [0.25, 0.3) is 0 Å². The summed E-state index contributed by atoms with van der Waals surface area (Å²) in [4.78, 5) is 0. The van der Waals surface area contributed by atoms with Crippen molar-refractivity contribution >= 4 is 0 Å². The molecule has 2 rings (SSSR count). The number of aliphatic hydroxyl groups excluding tert-OH is 1. The van der Waals surface area contributed by atoms with E-state index in [-0.39, 0.29) is 17.9 Å². The molecule has 15 heavy (non-hydrogen) atoms. The van der Waals surface area contributed by atoms with Gasteiger partial charge in [0, 0.05) is 18.2 Å². The highest BCUT2D eigenvalue weighted by Crippen LogP contribution is 2.23. The van der Waals surface area contributed by atoms with Crippen molar-refractivity contribution < 1.29 is 14.6 Å². The van der Waals surface area contributed by atoms with E-state index < -0.39 is 5.82 Å². The van der Waals surface area contributed by atoms with Gasteiger partial charge >= 0.3 is 0 Å². The Morgan fingerprint density at radius 3 is 2.80 bits per heavy atom. The molecule has 1 aliphatic rings. The molecule has 0 spiro atoms. The lowest BCUT2D eigenvalue weighted by Gasteiger charge is -2.32. The van der Waals surface area contributed by atoms with E-state index in [4.69, 9.17) is 5.11 Å². The maximum Gasteiger partial charge on any atom is 0.165 e. The Kier molecular flexibility index (Phi) is 2.88. The van der Waals surface area contributed by atoms with Crippen molar-refractivity contribution in [1.29, 1.82) is 0 Å². The Bertz CT molecular complexity index is 350. The molecule has 3 N–H and O–H groups in total. The van der Waals surface area contributed by atoms with Gasteiger partial charge in [-0.3, -0.25) is 0 Å². The van der Waals surface area contributed by atoms with E-state index in [1.165, 1.54) is 6.07 Å². The lowest BCUT2D eigenvalue weighted by atomic mass is 9.89. The van der Waals surface area contributed by atoms with Crippen LogP contribution in [0.2, 0.25) is 0 Å². The predicted molar refractivity (Wildman–Crippen MR) is 53.9 cm³/mol. The SMILES string of the molecule is Oc1c(F)cccc1CNC1CC(O)C1. The summed E-state index contributed by atoms with van der Waals surface area (Å²) < 4.78 is 12.9. The van der Waals surface area contributed by atoms with E-state index >= 15 is 0 Å². The summed E-state index contributed by atoms with van der Waals surface area (Å²) in [6.07, 6.45) is 1.26. The number of hydrogen-bond acceptors (Lipinski definition) is 3. The van der Waals surface area contributed by atoms with Gasteiger partial charge in [0.15, 0.2) is 11.6 Å². The number of phenolic OH excluding ortho intramolecular Hbond substituents is 1. The number of rotatable bonds is 3. The monoisotopic (exact) mass is 211 g/mol. The van der Waals surface area contributed by atoms with Crippen LogP contribution in [0, 0.1) is 5.82 Å². The van der Waals surface area contributed by atoms with E-state index in [1.54, 1.807) is 12.1 Å². The van der Waals surface area contributed by atoms with Gasteiger partial charge in [-0.15, -0.1) is 0 Å². The van der Waals surface area contributed by atoms with Gasteiger partial charge in [-0.25, -0.2) is 4.39 Å². The normalized spacial score (nSPS) is 24.9. The molecule has 0 saturated heterocycles. The zero-order chi connectivity index (χ0) is 10.8. The van der Waals surface area contributed by atoms with Gasteiger partial charge in [0.2, 0.25) is 0 Å². The fraction of sp³-hybridized carbons (Fsp3) is 0.455. The van der Waals surface area contributed by atoms with Crippen LogP contribution in [0.3, 0.4) is 0 Å². The van der Waals surface area contributed by atoms with E-state index in [0.717, 1.165) is 12.8 Å². The Labute approximate surface area is 87.6 Å². The first-order chi connectivity index (χ1) is 7.16. The van der Waals surface area contributed by atoms with Crippen LogP contribution in [0.1, 0.15) is 18.4 Å². The van der Waals surface area contributed by atoms with Gasteiger partial charge in [-0.2, -0.15) is 0 Å². The standard InChI is InChI=1S/C11H14FNO2/c12-10-3-1-2-7(11(10)15)6-13-8-4-9(14)5-8/h1-3,8-9,13-15H,4-6H2. The zero-order valence-electron chi connectivity index (χ0n) is 8.28. The fourth-order valence-corrected chi connectivity index (χ4v) is 1.71. The average molecular weight is 211 g/mol. The number of phenols is 1. The van der Waals surface area contributed by atoms with Crippen LogP contribution < -0.4 is 5.32 Å². The van der Waals surface area contributed by atoms with Crippen LogP contribution in [0.4, 0.5) is 4.39 Å². The molecule has 4 heteroatoms. The Morgan fingerprint density at radius 2 is 2.13 bits per heavy atom. The van der Waals surface area contributed by atoms with Gasteiger partial charge in [-0.05, 0) is 18.9 Å². The highest BCUT2D eigenvalue weighted by Gasteiger charge is 2.26. The zero-order valence-corrected chi connectivity index (χ0v) is 8.28. The molecule has 0 atom stereocenters. The molecule has 1 aliphatic carbocycles. The molecule has 0 unspecified atom stereocenters. The molecule has 0 radical (unpaired) electrons. The van der Waals surface area contributed by atoms with E-state index in [1.807, 2.05) is 0 Å². The van der Waals surface area contributed by atoms with Crippen molar-refractivity contribution in [3.8, 4) is 5.75 Å². The summed E-state index contributed by atoms with van der Waals surface area (Å²) >= 11 is 0. The third kappa shape index (κ3) is 2.27. The van der Waals surface area contributed by atoms with Gasteiger partial charge in [0.1, 0.15) is 0 Å². The Hall–Kier alpha value is -1.13. The Morgan fingerprint density at radius 1 is 1.40 bits per heavy atom. The smallest absolute Gasteiger partial charge is 0.165 e. The van der Waals surface area contributed by atoms with Gasteiger partial charge in [-0.1, -0.05) is 12.1 Å². The second-order valence-corrected chi connectivity index (χ2v) is 3.95. The number of halogens is 1. The summed E-state index contributed by atoms with van der Waals surface area (Å²) in [6.45, 7) is 0.432. The second-order valence-electron chi connectivity index (χ2n) is 3.95. The number of benzene rings is 1. The minimum atomic E-state index is -0.594. The third-order valence-electron chi connectivity index (χ3n) is 2.76. The van der Waals surface area contributed by atoms with Gasteiger partial charge in [0.25, 0.3) is 0 Å². The van der Waals surface area contributed by atoms with Crippen molar-refractivity contribution in [1.82, 2.24) is 5.32 Å². The molecular weight excluding hydrogens is 197 g/mol. The summed E-state index contributed by atoms with van der Waals surface area (Å²) in [6, 6.07) is 4.76. The van der Waals surface area contributed by atoms with Gasteiger partial charge < -0.3 is 15.5 Å². The molecule has 82 valence electrons. The molecule has 1 fully saturated rings. The maximum absolute atomic E-state index is 12.9. The first kappa shape index (κ1) is 10.4. The molecule has 3 nitrogen and oxygen atoms in total. The summed E-state index contributed by atoms with van der Waals surface area (Å²) in [7, 11) is 0. The number of hydrogen-bond donors (Lipinski definition) is 3. The Balaban J connectivity index is 1.91. The molecule has 0 aromatic heterocycles.